The van der Waals surface area contributed by atoms with Gasteiger partial charge in [0.1, 0.15) is 60.4 Å². The number of carboxylic acid groups (broad SMARTS) is 2. The van der Waals surface area contributed by atoms with E-state index in [1.165, 1.54) is 12.5 Å². The molecule has 0 radical (unpaired) electrons. The fourth-order valence-corrected chi connectivity index (χ4v) is 10.6. The van der Waals surface area contributed by atoms with Crippen LogP contribution in [0.5, 0.6) is 0 Å². The number of hydrazine groups is 1. The Morgan fingerprint density at radius 2 is 1.07 bits per heavy atom. The largest absolute Gasteiger partial charge is 0.481 e. The average Bonchev–Trinajstić information content (AvgIpc) is 1.74. The molecule has 568 valence electrons. The van der Waals surface area contributed by atoms with E-state index in [1.54, 1.807) is 55.4 Å². The highest BCUT2D eigenvalue weighted by Crippen LogP contribution is 2.22. The van der Waals surface area contributed by atoms with Gasteiger partial charge in [-0.3, -0.25) is 83.6 Å². The van der Waals surface area contributed by atoms with Crippen molar-refractivity contribution in [3.05, 3.63) is 18.2 Å². The number of guanidine groups is 2. The number of likely N-dealkylation sites (tertiary alicyclic amines) is 1. The van der Waals surface area contributed by atoms with Crippen LogP contribution >= 0.6 is 0 Å². The van der Waals surface area contributed by atoms with Crippen LogP contribution in [0.4, 0.5) is 0 Å². The van der Waals surface area contributed by atoms with E-state index in [0.717, 1.165) is 4.90 Å². The lowest BCUT2D eigenvalue weighted by molar-refractivity contribution is -0.144. The predicted octanol–water partition coefficient (Wildman–Crippen LogP) is -6.41. The van der Waals surface area contributed by atoms with Gasteiger partial charge in [0.15, 0.2) is 11.9 Å². The molecule has 27 N–H and O–H groups in total. The normalized spacial score (nSPS) is 15.6. The first-order valence-electron chi connectivity index (χ1n) is 33.9. The molecular formula is C62H109N23O16. The van der Waals surface area contributed by atoms with E-state index in [1.807, 2.05) is 0 Å². The second-order valence-corrected chi connectivity index (χ2v) is 25.7. The number of aromatic amines is 1. The van der Waals surface area contributed by atoms with Crippen LogP contribution in [-0.2, 0) is 73.5 Å². The molecule has 0 aromatic carbocycles. The molecule has 0 saturated carbocycles. The number of hydrogen-bond acceptors (Lipinski definition) is 20. The maximum absolute atomic E-state index is 14.7. The summed E-state index contributed by atoms with van der Waals surface area (Å²) in [6, 6.07) is -13.5. The number of aliphatic carboxylic acids is 2. The van der Waals surface area contributed by atoms with E-state index in [2.05, 4.69) is 83.9 Å². The molecule has 39 heteroatoms. The van der Waals surface area contributed by atoms with E-state index >= 15 is 0 Å². The summed E-state index contributed by atoms with van der Waals surface area (Å²) >= 11 is 0. The predicted molar refractivity (Wildman–Crippen MR) is 368 cm³/mol. The molecule has 1 fully saturated rings. The number of amides is 12. The second kappa shape index (κ2) is 45.8. The molecule has 0 aliphatic carbocycles. The van der Waals surface area contributed by atoms with Crippen molar-refractivity contribution in [3.8, 4) is 0 Å². The minimum absolute atomic E-state index is 0.00892. The molecule has 12 amide bonds. The van der Waals surface area contributed by atoms with E-state index in [0.29, 0.717) is 18.5 Å². The first-order chi connectivity index (χ1) is 47.6. The number of nitrogens with zero attached hydrogens (tertiary/aromatic N) is 4. The second-order valence-electron chi connectivity index (χ2n) is 25.7. The van der Waals surface area contributed by atoms with Crippen LogP contribution in [0.25, 0.3) is 0 Å². The SMILES string of the molecule is CC[C@H](C)[C@H](NC(=O)[C@H](CCCN=C(N)N)NC(=O)CNC(=O)[C@H](CCCN=C(N)N)NC(=O)C[15NH]N)C(=O)N[C@@H](CC(C)C)C(=O)N[C@@H](CCCCN)C(=O)N[C@@H](CCC(=O)O)C(=O)N1CCC[C@H]1C(=O)N[C@H](C(=O)N[C@@H](Cc1cnc[nH]1)C(=O)NCC(=O)N[C@H](C(=O)O)C(C)C)C(C)C. The zero-order chi connectivity index (χ0) is 76.1. The number of carboxylic acids is 2. The summed E-state index contributed by atoms with van der Waals surface area (Å²) < 4.78 is 0. The zero-order valence-corrected chi connectivity index (χ0v) is 58.9. The molecule has 1 saturated heterocycles. The number of carbonyl (C=O) groups is 14. The highest BCUT2D eigenvalue weighted by Gasteiger charge is 2.42. The maximum atomic E-state index is 14.7. The fraction of sp³-hybridized carbons (Fsp3) is 0.694. The van der Waals surface area contributed by atoms with Gasteiger partial charge in [-0.15, -0.1) is 0 Å². The first-order valence-corrected chi connectivity index (χ1v) is 33.9. The minimum atomic E-state index is -1.59. The van der Waals surface area contributed by atoms with Gasteiger partial charge in [-0.25, -0.2) is 9.78 Å². The Kier molecular flexibility index (Phi) is 39.6. The molecule has 39 nitrogen and oxygen atoms in total. The molecule has 0 unspecified atom stereocenters. The van der Waals surface area contributed by atoms with Gasteiger partial charge < -0.3 is 107 Å². The fourth-order valence-electron chi connectivity index (χ4n) is 10.6. The van der Waals surface area contributed by atoms with Crippen LogP contribution in [-0.4, -0.2) is 226 Å². The van der Waals surface area contributed by atoms with Crippen molar-refractivity contribution in [2.24, 2.45) is 68.2 Å². The third-order valence-corrected chi connectivity index (χ3v) is 16.2. The van der Waals surface area contributed by atoms with E-state index < -0.39 is 187 Å². The van der Waals surface area contributed by atoms with Gasteiger partial charge in [0, 0.05) is 44.4 Å². The van der Waals surface area contributed by atoms with Crippen molar-refractivity contribution in [1.82, 2.24) is 78.8 Å². The highest BCUT2D eigenvalue weighted by atomic mass is 16.4. The monoisotopic (exact) mass is 1430 g/mol. The number of carbonyl (C=O) groups excluding carboxylic acids is 12. The van der Waals surface area contributed by atoms with Crippen LogP contribution < -0.4 is 98.4 Å². The molecule has 1 aliphatic rings. The van der Waals surface area contributed by atoms with Crippen molar-refractivity contribution >= 4 is 94.7 Å². The van der Waals surface area contributed by atoms with Gasteiger partial charge >= 0.3 is 11.9 Å². The Morgan fingerprint density at radius 3 is 1.58 bits per heavy atom. The lowest BCUT2D eigenvalue weighted by Gasteiger charge is -2.32. The number of rotatable bonds is 48. The third kappa shape index (κ3) is 32.8. The topological polar surface area (TPSA) is 637 Å². The maximum Gasteiger partial charge on any atom is 0.326 e. The lowest BCUT2D eigenvalue weighted by atomic mass is 9.96. The molecule has 0 bridgehead atoms. The Labute approximate surface area is 586 Å². The van der Waals surface area contributed by atoms with Crippen molar-refractivity contribution in [2.45, 2.75) is 206 Å². The molecule has 1 aromatic heterocycles. The van der Waals surface area contributed by atoms with Crippen LogP contribution in [0.3, 0.4) is 0 Å². The standard InChI is InChI=1S/C62H109N23O16/c1-9-35(8)50(84-54(94)38(17-13-23-71-62(66)67)77-44(86)28-72-51(91)37(76-46(88)30-75-68)16-12-22-70-61(64)65)58(98)80-41(25-32(2)3)55(95)78-39(15-10-11-21-63)53(93)79-40(19-20-47(89)90)59(99)85-24-14-18-43(85)56(96)83-48(33(4)5)57(97)81-42(26-36-27-69-31-74-36)52(92)73-29-45(87)82-49(34(6)7)60(100)101/h27,31-35,37-43,48-50,75H,9-26,28-30,63,68H2,1-8H3,(H,69,74)(H,72,91)(H,73,92)(H,76,88)(H,77,86)(H,78,95)(H,79,93)(H,80,98)(H,81,97)(H,82,87)(H,83,96)(H,84,94)(H,89,90)(H,100,101)(H4,64,65,70)(H4,66,67,71)/t35-,37-,38-,39-,40-,41-,42-,43-,48-,49-,50-/m0/s1/i75+1. The Balaban J connectivity index is 2.43. The van der Waals surface area contributed by atoms with Crippen LogP contribution in [0, 0.1) is 23.7 Å². The van der Waals surface area contributed by atoms with Crippen molar-refractivity contribution in [1.29, 1.82) is 0 Å². The van der Waals surface area contributed by atoms with Crippen LogP contribution in [0.15, 0.2) is 22.5 Å². The van der Waals surface area contributed by atoms with Crippen molar-refractivity contribution in [3.63, 3.8) is 0 Å². The molecule has 11 atom stereocenters. The number of imidazole rings is 1. The summed E-state index contributed by atoms with van der Waals surface area (Å²) in [6.07, 6.45) is 3.01. The first kappa shape index (κ1) is 87.3. The molecule has 1 aliphatic heterocycles. The van der Waals surface area contributed by atoms with Gasteiger partial charge in [-0.05, 0) is 101 Å². The molecule has 2 rings (SSSR count). The third-order valence-electron chi connectivity index (χ3n) is 16.2. The zero-order valence-electron chi connectivity index (χ0n) is 58.9. The summed E-state index contributed by atoms with van der Waals surface area (Å²) in [6.45, 7) is 12.0. The van der Waals surface area contributed by atoms with Gasteiger partial charge in [-0.1, -0.05) is 61.8 Å². The molecule has 2 heterocycles. The number of aromatic nitrogens is 2. The number of unbranched alkanes of at least 4 members (excludes halogenated alkanes) is 1. The summed E-state index contributed by atoms with van der Waals surface area (Å²) in [4.78, 5) is 206. The Morgan fingerprint density at radius 1 is 0.574 bits per heavy atom. The summed E-state index contributed by atoms with van der Waals surface area (Å²) in [7, 11) is 0. The number of nitrogens with one attached hydrogen (secondary N) is 13. The highest BCUT2D eigenvalue weighted by molar-refractivity contribution is 5.99. The molecule has 1 aromatic rings. The van der Waals surface area contributed by atoms with E-state index in [-0.39, 0.29) is 115 Å². The molecular weight excluding hydrogens is 1320 g/mol. The Bertz CT molecular complexity index is 2980. The Hall–Kier alpha value is -9.79. The van der Waals surface area contributed by atoms with E-state index in [4.69, 9.17) is 34.5 Å². The average molecular weight is 1430 g/mol. The van der Waals surface area contributed by atoms with E-state index in [9.17, 15) is 77.3 Å². The quantitative estimate of drug-likeness (QED) is 0.00720. The summed E-state index contributed by atoms with van der Waals surface area (Å²) in [5, 5.41) is 47.7. The number of aliphatic imine (C=N–C) groups is 2. The number of hydrogen-bond donors (Lipinski definition) is 21. The van der Waals surface area contributed by atoms with Crippen molar-refractivity contribution < 1.29 is 77.3 Å². The van der Waals surface area contributed by atoms with Gasteiger partial charge in [0.25, 0.3) is 0 Å². The van der Waals surface area contributed by atoms with Gasteiger partial charge in [0.05, 0.1) is 26.0 Å². The smallest absolute Gasteiger partial charge is 0.326 e. The van der Waals surface area contributed by atoms with Crippen LogP contribution in [0.2, 0.25) is 0 Å². The van der Waals surface area contributed by atoms with Gasteiger partial charge in [-0.2, -0.15) is 0 Å². The summed E-state index contributed by atoms with van der Waals surface area (Å²) in [5.74, 6) is -9.62. The number of nitrogens with two attached hydrogens (primary N) is 6. The lowest BCUT2D eigenvalue weighted by Crippen LogP contribution is -2.61. The molecule has 101 heavy (non-hydrogen) atoms. The van der Waals surface area contributed by atoms with Crippen molar-refractivity contribution in [2.75, 3.05) is 45.8 Å². The molecule has 0 spiro atoms. The minimum Gasteiger partial charge on any atom is -0.481 e. The van der Waals surface area contributed by atoms with Gasteiger partial charge in [0.2, 0.25) is 70.9 Å². The summed E-state index contributed by atoms with van der Waals surface area (Å²) in [5.41, 5.74) is 30.2. The number of H-pyrrole nitrogens is 1. The van der Waals surface area contributed by atoms with Crippen LogP contribution in [0.1, 0.15) is 145 Å².